The zero-order chi connectivity index (χ0) is 19.1. The number of hydrogen-bond donors (Lipinski definition) is 1. The largest absolute Gasteiger partial charge is 0.352 e. The van der Waals surface area contributed by atoms with Gasteiger partial charge in [-0.05, 0) is 55.5 Å². The highest BCUT2D eigenvalue weighted by Crippen LogP contribution is 2.40. The Labute approximate surface area is 172 Å². The molecule has 5 rings (SSSR count). The van der Waals surface area contributed by atoms with Gasteiger partial charge in [-0.2, -0.15) is 0 Å². The smallest absolute Gasteiger partial charge is 0.194 e. The van der Waals surface area contributed by atoms with E-state index in [0.717, 1.165) is 33.7 Å². The van der Waals surface area contributed by atoms with Gasteiger partial charge in [-0.25, -0.2) is 4.98 Å². The van der Waals surface area contributed by atoms with E-state index < -0.39 is 0 Å². The number of pyridine rings is 1. The summed E-state index contributed by atoms with van der Waals surface area (Å²) in [6.45, 7) is 2.96. The first-order valence-electron chi connectivity index (χ1n) is 9.27. The Bertz CT molecular complexity index is 1100. The summed E-state index contributed by atoms with van der Waals surface area (Å²) in [5.41, 5.74) is 3.17. The van der Waals surface area contributed by atoms with Crippen molar-refractivity contribution in [3.63, 3.8) is 0 Å². The molecule has 140 valence electrons. The second kappa shape index (κ2) is 7.00. The van der Waals surface area contributed by atoms with E-state index >= 15 is 0 Å². The van der Waals surface area contributed by atoms with Crippen molar-refractivity contribution in [2.45, 2.75) is 19.0 Å². The van der Waals surface area contributed by atoms with Gasteiger partial charge in [0.25, 0.3) is 0 Å². The van der Waals surface area contributed by atoms with E-state index in [1.165, 1.54) is 4.70 Å². The third-order valence-corrected chi connectivity index (χ3v) is 6.50. The molecule has 1 fully saturated rings. The molecule has 5 nitrogen and oxygen atoms in total. The van der Waals surface area contributed by atoms with Gasteiger partial charge in [-0.1, -0.05) is 29.5 Å². The maximum atomic E-state index is 5.64. The van der Waals surface area contributed by atoms with Crippen LogP contribution < -0.4 is 5.32 Å². The van der Waals surface area contributed by atoms with Gasteiger partial charge >= 0.3 is 0 Å². The van der Waals surface area contributed by atoms with Crippen LogP contribution in [0.3, 0.4) is 0 Å². The van der Waals surface area contributed by atoms with Crippen LogP contribution in [0.1, 0.15) is 30.4 Å². The van der Waals surface area contributed by atoms with Crippen molar-refractivity contribution in [2.75, 3.05) is 6.54 Å². The molecule has 7 heteroatoms. The molecule has 0 amide bonds. The summed E-state index contributed by atoms with van der Waals surface area (Å²) >= 11 is 7.34. The van der Waals surface area contributed by atoms with Crippen LogP contribution in [0.2, 0.25) is 0 Å². The number of hydrogen-bond acceptors (Lipinski definition) is 4. The molecule has 0 saturated carbocycles. The number of para-hydroxylation sites is 1. The second-order valence-corrected chi connectivity index (χ2v) is 8.08. The van der Waals surface area contributed by atoms with Crippen LogP contribution in [0.5, 0.6) is 0 Å². The highest BCUT2D eigenvalue weighted by atomic mass is 32.1. The van der Waals surface area contributed by atoms with Crippen molar-refractivity contribution in [3.05, 3.63) is 78.4 Å². The number of rotatable bonds is 4. The van der Waals surface area contributed by atoms with Crippen molar-refractivity contribution >= 4 is 38.9 Å². The number of benzene rings is 1. The summed E-state index contributed by atoms with van der Waals surface area (Å²) in [5.74, 6) is 0. The molecule has 0 radical (unpaired) electrons. The summed E-state index contributed by atoms with van der Waals surface area (Å²) in [7, 11) is 0. The third-order valence-electron chi connectivity index (χ3n) is 5.11. The van der Waals surface area contributed by atoms with E-state index in [-0.39, 0.29) is 12.1 Å². The molecular formula is C21H19N5S2. The fraction of sp³-hybridized carbons (Fsp3) is 0.190. The van der Waals surface area contributed by atoms with Crippen LogP contribution in [-0.2, 0) is 0 Å². The van der Waals surface area contributed by atoms with Gasteiger partial charge in [0.05, 0.1) is 33.7 Å². The molecule has 0 bridgehead atoms. The maximum absolute atomic E-state index is 5.64. The Morgan fingerprint density at radius 1 is 1.11 bits per heavy atom. The lowest BCUT2D eigenvalue weighted by Crippen LogP contribution is -2.30. The minimum atomic E-state index is -0.00308. The zero-order valence-corrected chi connectivity index (χ0v) is 17.0. The lowest BCUT2D eigenvalue weighted by atomic mass is 10.0. The van der Waals surface area contributed by atoms with Gasteiger partial charge in [0.15, 0.2) is 10.2 Å². The Hall–Kier alpha value is -2.77. The van der Waals surface area contributed by atoms with Crippen LogP contribution in [0, 0.1) is 0 Å². The van der Waals surface area contributed by atoms with Crippen molar-refractivity contribution in [2.24, 2.45) is 0 Å². The summed E-state index contributed by atoms with van der Waals surface area (Å²) in [5, 5.41) is 5.21. The summed E-state index contributed by atoms with van der Waals surface area (Å²) in [4.78, 5) is 11.7. The second-order valence-electron chi connectivity index (χ2n) is 6.68. The van der Waals surface area contributed by atoms with Crippen LogP contribution in [-0.4, -0.2) is 31.1 Å². The molecule has 0 unspecified atom stereocenters. The van der Waals surface area contributed by atoms with Gasteiger partial charge in [0.2, 0.25) is 0 Å². The predicted octanol–water partition coefficient (Wildman–Crippen LogP) is 4.47. The van der Waals surface area contributed by atoms with Crippen LogP contribution in [0.25, 0.3) is 15.3 Å². The molecule has 4 heterocycles. The van der Waals surface area contributed by atoms with E-state index in [2.05, 4.69) is 69.3 Å². The molecule has 1 aliphatic rings. The molecule has 1 N–H and O–H groups in total. The average Bonchev–Trinajstić information content (AvgIpc) is 3.44. The van der Waals surface area contributed by atoms with E-state index in [1.807, 2.05) is 24.4 Å². The lowest BCUT2D eigenvalue weighted by Gasteiger charge is -2.27. The van der Waals surface area contributed by atoms with Crippen molar-refractivity contribution in [1.82, 2.24) is 24.8 Å². The summed E-state index contributed by atoms with van der Waals surface area (Å²) in [6.07, 6.45) is 3.91. The van der Waals surface area contributed by atoms with Gasteiger partial charge in [0.1, 0.15) is 0 Å². The molecule has 4 aromatic rings. The topological polar surface area (TPSA) is 46.0 Å². The SMILES string of the molecule is CCN1C(=S)N[C@H](c2ccccn2)[C@H]1c1cccn1-c1nc2ccccc2s1. The van der Waals surface area contributed by atoms with Gasteiger partial charge in [0, 0.05) is 18.9 Å². The first-order valence-corrected chi connectivity index (χ1v) is 10.5. The highest BCUT2D eigenvalue weighted by Gasteiger charge is 2.40. The lowest BCUT2D eigenvalue weighted by molar-refractivity contribution is 0.321. The molecule has 0 aliphatic carbocycles. The molecular weight excluding hydrogens is 386 g/mol. The first-order chi connectivity index (χ1) is 13.8. The fourth-order valence-electron chi connectivity index (χ4n) is 3.84. The monoisotopic (exact) mass is 405 g/mol. The Morgan fingerprint density at radius 3 is 2.75 bits per heavy atom. The fourth-order valence-corrected chi connectivity index (χ4v) is 5.18. The third kappa shape index (κ3) is 2.78. The number of aromatic nitrogens is 3. The minimum Gasteiger partial charge on any atom is -0.352 e. The standard InChI is InChI=1S/C21H19N5S2/c1-2-25-19(18(24-20(25)27)15-9-5-6-12-22-15)16-10-7-13-26(16)21-23-14-8-3-4-11-17(14)28-21/h3-13,18-19H,2H2,1H3,(H,24,27)/t18-,19-/m1/s1. The molecule has 0 spiro atoms. The van der Waals surface area contributed by atoms with E-state index in [0.29, 0.717) is 0 Å². The molecule has 1 saturated heterocycles. The van der Waals surface area contributed by atoms with Gasteiger partial charge in [-0.15, -0.1) is 0 Å². The highest BCUT2D eigenvalue weighted by molar-refractivity contribution is 7.80. The average molecular weight is 406 g/mol. The van der Waals surface area contributed by atoms with Gasteiger partial charge in [-0.3, -0.25) is 9.55 Å². The number of nitrogens with zero attached hydrogens (tertiary/aromatic N) is 4. The van der Waals surface area contributed by atoms with Crippen LogP contribution in [0.4, 0.5) is 0 Å². The minimum absolute atomic E-state index is 0.00308. The summed E-state index contributed by atoms with van der Waals surface area (Å²) < 4.78 is 3.37. The maximum Gasteiger partial charge on any atom is 0.194 e. The number of nitrogens with one attached hydrogen (secondary N) is 1. The number of thiazole rings is 1. The normalized spacial score (nSPS) is 19.3. The number of likely N-dealkylation sites (N-methyl/N-ethyl adjacent to an activating group) is 1. The quantitative estimate of drug-likeness (QED) is 0.508. The first kappa shape index (κ1) is 17.3. The number of thiocarbonyl (C=S) groups is 1. The zero-order valence-electron chi connectivity index (χ0n) is 15.3. The van der Waals surface area contributed by atoms with E-state index in [4.69, 9.17) is 17.2 Å². The predicted molar refractivity (Wildman–Crippen MR) is 117 cm³/mol. The van der Waals surface area contributed by atoms with E-state index in [9.17, 15) is 0 Å². The van der Waals surface area contributed by atoms with Gasteiger partial charge < -0.3 is 10.2 Å². The molecule has 2 atom stereocenters. The van der Waals surface area contributed by atoms with E-state index in [1.54, 1.807) is 11.3 Å². The van der Waals surface area contributed by atoms with Crippen LogP contribution >= 0.6 is 23.6 Å². The summed E-state index contributed by atoms with van der Waals surface area (Å²) in [6, 6.07) is 18.5. The molecule has 1 aromatic carbocycles. The van der Waals surface area contributed by atoms with Crippen LogP contribution in [0.15, 0.2) is 67.0 Å². The molecule has 1 aliphatic heterocycles. The molecule has 28 heavy (non-hydrogen) atoms. The molecule has 3 aromatic heterocycles. The Kier molecular flexibility index (Phi) is 4.33. The Morgan fingerprint density at radius 2 is 1.96 bits per heavy atom. The Balaban J connectivity index is 1.62. The number of fused-ring (bicyclic) bond motifs is 1. The van der Waals surface area contributed by atoms with Crippen molar-refractivity contribution < 1.29 is 0 Å². The van der Waals surface area contributed by atoms with Crippen molar-refractivity contribution in [1.29, 1.82) is 0 Å². The van der Waals surface area contributed by atoms with Crippen molar-refractivity contribution in [3.8, 4) is 5.13 Å².